The lowest BCUT2D eigenvalue weighted by Gasteiger charge is -2.11. The van der Waals surface area contributed by atoms with Gasteiger partial charge in [-0.25, -0.2) is 0 Å². The highest BCUT2D eigenvalue weighted by Crippen LogP contribution is 2.15. The number of hydrogen-bond acceptors (Lipinski definition) is 2. The van der Waals surface area contributed by atoms with Crippen LogP contribution in [0, 0.1) is 13.8 Å². The van der Waals surface area contributed by atoms with E-state index in [1.165, 1.54) is 16.7 Å². The van der Waals surface area contributed by atoms with Crippen molar-refractivity contribution in [3.05, 3.63) is 64.7 Å². The van der Waals surface area contributed by atoms with Crippen LogP contribution in [0.25, 0.3) is 0 Å². The standard InChI is InChI=1S/C18H22N2O/c1-13-5-10-17(11-14(13)2)19-18(21)16-8-6-15(7-9-16)12-20(3)4/h5-11H,12H2,1-4H3,(H,19,21). The number of hydrogen-bond donors (Lipinski definition) is 1. The van der Waals surface area contributed by atoms with Gasteiger partial charge < -0.3 is 10.2 Å². The largest absolute Gasteiger partial charge is 0.322 e. The predicted octanol–water partition coefficient (Wildman–Crippen LogP) is 3.62. The van der Waals surface area contributed by atoms with Gasteiger partial charge in [0.2, 0.25) is 0 Å². The van der Waals surface area contributed by atoms with Crippen molar-refractivity contribution >= 4 is 11.6 Å². The van der Waals surface area contributed by atoms with E-state index >= 15 is 0 Å². The molecule has 0 saturated heterocycles. The lowest BCUT2D eigenvalue weighted by atomic mass is 10.1. The average Bonchev–Trinajstić information content (AvgIpc) is 2.43. The maximum absolute atomic E-state index is 12.2. The fourth-order valence-electron chi connectivity index (χ4n) is 2.15. The summed E-state index contributed by atoms with van der Waals surface area (Å²) in [6.45, 7) is 4.98. The van der Waals surface area contributed by atoms with E-state index in [1.54, 1.807) is 0 Å². The third-order valence-corrected chi connectivity index (χ3v) is 3.48. The number of rotatable bonds is 4. The molecular weight excluding hydrogens is 260 g/mol. The Morgan fingerprint density at radius 3 is 2.24 bits per heavy atom. The van der Waals surface area contributed by atoms with E-state index in [4.69, 9.17) is 0 Å². The molecule has 0 aromatic heterocycles. The van der Waals surface area contributed by atoms with Crippen molar-refractivity contribution in [2.24, 2.45) is 0 Å². The molecule has 0 heterocycles. The van der Waals surface area contributed by atoms with Crippen LogP contribution in [0.2, 0.25) is 0 Å². The Morgan fingerprint density at radius 2 is 1.67 bits per heavy atom. The fraction of sp³-hybridized carbons (Fsp3) is 0.278. The topological polar surface area (TPSA) is 32.3 Å². The number of nitrogens with one attached hydrogen (secondary N) is 1. The second-order valence-electron chi connectivity index (χ2n) is 5.69. The number of amides is 1. The van der Waals surface area contributed by atoms with Crippen LogP contribution >= 0.6 is 0 Å². The molecule has 0 aliphatic rings. The first kappa shape index (κ1) is 15.3. The lowest BCUT2D eigenvalue weighted by Crippen LogP contribution is -2.13. The van der Waals surface area contributed by atoms with Gasteiger partial charge in [-0.15, -0.1) is 0 Å². The summed E-state index contributed by atoms with van der Waals surface area (Å²) in [5.41, 5.74) is 5.11. The summed E-state index contributed by atoms with van der Waals surface area (Å²) in [4.78, 5) is 14.3. The van der Waals surface area contributed by atoms with E-state index < -0.39 is 0 Å². The van der Waals surface area contributed by atoms with Gasteiger partial charge in [0.25, 0.3) is 5.91 Å². The van der Waals surface area contributed by atoms with Gasteiger partial charge in [-0.05, 0) is 68.9 Å². The second-order valence-corrected chi connectivity index (χ2v) is 5.69. The maximum Gasteiger partial charge on any atom is 0.255 e. The molecule has 2 aromatic carbocycles. The molecule has 0 unspecified atom stereocenters. The summed E-state index contributed by atoms with van der Waals surface area (Å²) >= 11 is 0. The average molecular weight is 282 g/mol. The van der Waals surface area contributed by atoms with Gasteiger partial charge in [0.1, 0.15) is 0 Å². The minimum Gasteiger partial charge on any atom is -0.322 e. The van der Waals surface area contributed by atoms with Crippen LogP contribution in [0.4, 0.5) is 5.69 Å². The number of benzene rings is 2. The van der Waals surface area contributed by atoms with Crippen molar-refractivity contribution in [1.29, 1.82) is 0 Å². The third kappa shape index (κ3) is 4.17. The Labute approximate surface area is 126 Å². The first-order valence-corrected chi connectivity index (χ1v) is 7.08. The molecule has 0 atom stereocenters. The molecule has 1 N–H and O–H groups in total. The lowest BCUT2D eigenvalue weighted by molar-refractivity contribution is 0.102. The Kier molecular flexibility index (Phi) is 4.76. The molecule has 3 heteroatoms. The van der Waals surface area contributed by atoms with Gasteiger partial charge in [-0.1, -0.05) is 18.2 Å². The SMILES string of the molecule is Cc1ccc(NC(=O)c2ccc(CN(C)C)cc2)cc1C. The molecule has 0 radical (unpaired) electrons. The van der Waals surface area contributed by atoms with Crippen LogP contribution in [-0.4, -0.2) is 24.9 Å². The van der Waals surface area contributed by atoms with Gasteiger partial charge in [-0.3, -0.25) is 4.79 Å². The van der Waals surface area contributed by atoms with Gasteiger partial charge >= 0.3 is 0 Å². The number of carbonyl (C=O) groups is 1. The highest BCUT2D eigenvalue weighted by atomic mass is 16.1. The predicted molar refractivity (Wildman–Crippen MR) is 87.7 cm³/mol. The van der Waals surface area contributed by atoms with Crippen molar-refractivity contribution in [3.63, 3.8) is 0 Å². The minimum absolute atomic E-state index is 0.0744. The summed E-state index contributed by atoms with van der Waals surface area (Å²) in [7, 11) is 4.06. The van der Waals surface area contributed by atoms with Crippen molar-refractivity contribution < 1.29 is 4.79 Å². The minimum atomic E-state index is -0.0744. The number of nitrogens with zero attached hydrogens (tertiary/aromatic N) is 1. The Bertz CT molecular complexity index is 630. The molecule has 21 heavy (non-hydrogen) atoms. The van der Waals surface area contributed by atoms with E-state index in [1.807, 2.05) is 63.5 Å². The van der Waals surface area contributed by atoms with E-state index in [2.05, 4.69) is 17.1 Å². The second kappa shape index (κ2) is 6.55. The molecule has 1 amide bonds. The van der Waals surface area contributed by atoms with Crippen molar-refractivity contribution in [1.82, 2.24) is 4.90 Å². The molecule has 0 aliphatic heterocycles. The monoisotopic (exact) mass is 282 g/mol. The van der Waals surface area contributed by atoms with Crippen LogP contribution < -0.4 is 5.32 Å². The molecule has 2 rings (SSSR count). The van der Waals surface area contributed by atoms with E-state index in [9.17, 15) is 4.79 Å². The summed E-state index contributed by atoms with van der Waals surface area (Å²) in [5, 5.41) is 2.94. The maximum atomic E-state index is 12.2. The van der Waals surface area contributed by atoms with E-state index in [0.717, 1.165) is 12.2 Å². The molecule has 0 saturated carbocycles. The molecule has 0 aliphatic carbocycles. The van der Waals surface area contributed by atoms with Gasteiger partial charge in [-0.2, -0.15) is 0 Å². The van der Waals surface area contributed by atoms with Crippen molar-refractivity contribution in [2.45, 2.75) is 20.4 Å². The summed E-state index contributed by atoms with van der Waals surface area (Å²) in [6, 6.07) is 13.7. The zero-order chi connectivity index (χ0) is 15.4. The molecule has 3 nitrogen and oxygen atoms in total. The van der Waals surface area contributed by atoms with Crippen LogP contribution in [0.1, 0.15) is 27.0 Å². The zero-order valence-corrected chi connectivity index (χ0v) is 13.1. The van der Waals surface area contributed by atoms with Crippen LogP contribution in [0.15, 0.2) is 42.5 Å². The van der Waals surface area contributed by atoms with Crippen molar-refractivity contribution in [3.8, 4) is 0 Å². The van der Waals surface area contributed by atoms with Crippen LogP contribution in [-0.2, 0) is 6.54 Å². The molecular formula is C18H22N2O. The number of anilines is 1. The first-order valence-electron chi connectivity index (χ1n) is 7.08. The van der Waals surface area contributed by atoms with Crippen LogP contribution in [0.5, 0.6) is 0 Å². The number of aryl methyl sites for hydroxylation is 2. The fourth-order valence-corrected chi connectivity index (χ4v) is 2.15. The molecule has 110 valence electrons. The zero-order valence-electron chi connectivity index (χ0n) is 13.1. The normalized spacial score (nSPS) is 10.7. The van der Waals surface area contributed by atoms with Gasteiger partial charge in [0.05, 0.1) is 0 Å². The summed E-state index contributed by atoms with van der Waals surface area (Å²) in [6.07, 6.45) is 0. The third-order valence-electron chi connectivity index (χ3n) is 3.48. The van der Waals surface area contributed by atoms with Crippen LogP contribution in [0.3, 0.4) is 0 Å². The molecule has 0 fully saturated rings. The Morgan fingerprint density at radius 1 is 1.00 bits per heavy atom. The summed E-state index contributed by atoms with van der Waals surface area (Å²) in [5.74, 6) is -0.0744. The smallest absolute Gasteiger partial charge is 0.255 e. The molecule has 0 bridgehead atoms. The number of carbonyl (C=O) groups excluding carboxylic acids is 1. The molecule has 2 aromatic rings. The highest BCUT2D eigenvalue weighted by molar-refractivity contribution is 6.04. The van der Waals surface area contributed by atoms with E-state index in [0.29, 0.717) is 5.56 Å². The Hall–Kier alpha value is -2.13. The van der Waals surface area contributed by atoms with Gasteiger partial charge in [0.15, 0.2) is 0 Å². The highest BCUT2D eigenvalue weighted by Gasteiger charge is 2.07. The van der Waals surface area contributed by atoms with E-state index in [-0.39, 0.29) is 5.91 Å². The summed E-state index contributed by atoms with van der Waals surface area (Å²) < 4.78 is 0. The first-order chi connectivity index (χ1) is 9.95. The quantitative estimate of drug-likeness (QED) is 0.929. The van der Waals surface area contributed by atoms with Gasteiger partial charge in [0, 0.05) is 17.8 Å². The molecule has 0 spiro atoms. The van der Waals surface area contributed by atoms with Crippen molar-refractivity contribution in [2.75, 3.05) is 19.4 Å². The Balaban J connectivity index is 2.07.